The largest absolute Gasteiger partial charge is 0.381 e. The van der Waals surface area contributed by atoms with Crippen molar-refractivity contribution in [2.24, 2.45) is 5.73 Å². The van der Waals surface area contributed by atoms with Crippen molar-refractivity contribution in [3.8, 4) is 0 Å². The molecule has 0 radical (unpaired) electrons. The van der Waals surface area contributed by atoms with Gasteiger partial charge in [-0.25, -0.2) is 4.39 Å². The average Bonchev–Trinajstić information content (AvgIpc) is 2.48. The van der Waals surface area contributed by atoms with Gasteiger partial charge in [-0.05, 0) is 31.0 Å². The fourth-order valence-electron chi connectivity index (χ4n) is 2.54. The Hall–Kier alpha value is -0.880. The molecule has 0 saturated carbocycles. The highest BCUT2D eigenvalue weighted by molar-refractivity contribution is 6.31. The number of piperidine rings is 1. The third kappa shape index (κ3) is 4.07. The summed E-state index contributed by atoms with van der Waals surface area (Å²) in [5.41, 5.74) is 5.72. The molecule has 4 nitrogen and oxygen atoms in total. The van der Waals surface area contributed by atoms with Crippen LogP contribution in [0.3, 0.4) is 0 Å². The molecule has 1 heterocycles. The van der Waals surface area contributed by atoms with Gasteiger partial charge in [0.15, 0.2) is 0 Å². The zero-order valence-electron chi connectivity index (χ0n) is 11.7. The van der Waals surface area contributed by atoms with Crippen LogP contribution in [0.5, 0.6) is 0 Å². The molecule has 0 bridgehead atoms. The summed E-state index contributed by atoms with van der Waals surface area (Å²) < 4.78 is 19.1. The van der Waals surface area contributed by atoms with E-state index >= 15 is 0 Å². The van der Waals surface area contributed by atoms with Crippen molar-refractivity contribution in [1.82, 2.24) is 4.90 Å². The van der Waals surface area contributed by atoms with Gasteiger partial charge in [0.05, 0.1) is 11.7 Å². The third-order valence-electron chi connectivity index (χ3n) is 3.69. The first-order chi connectivity index (χ1) is 9.56. The van der Waals surface area contributed by atoms with Crippen molar-refractivity contribution in [3.05, 3.63) is 34.6 Å². The molecule has 2 atom stereocenters. The predicted octanol–water partition coefficient (Wildman–Crippen LogP) is 2.48. The van der Waals surface area contributed by atoms with Gasteiger partial charge < -0.3 is 15.4 Å². The number of benzene rings is 1. The Labute approximate surface area is 134 Å². The number of hydrogen-bond donors (Lipinski definition) is 1. The lowest BCUT2D eigenvalue weighted by Gasteiger charge is -2.38. The second-order valence-corrected chi connectivity index (χ2v) is 5.33. The van der Waals surface area contributed by atoms with Crippen LogP contribution in [0.2, 0.25) is 5.02 Å². The number of hydrogen-bond acceptors (Lipinski definition) is 3. The second-order valence-electron chi connectivity index (χ2n) is 4.89. The third-order valence-corrected chi connectivity index (χ3v) is 3.93. The van der Waals surface area contributed by atoms with E-state index in [4.69, 9.17) is 22.1 Å². The molecule has 118 valence electrons. The van der Waals surface area contributed by atoms with E-state index in [1.165, 1.54) is 18.2 Å². The van der Waals surface area contributed by atoms with Crippen LogP contribution in [0.25, 0.3) is 0 Å². The Balaban J connectivity index is 0.00000220. The fraction of sp³-hybridized carbons (Fsp3) is 0.500. The highest BCUT2D eigenvalue weighted by Gasteiger charge is 2.32. The van der Waals surface area contributed by atoms with E-state index in [9.17, 15) is 9.18 Å². The Bertz CT molecular complexity index is 502. The van der Waals surface area contributed by atoms with Gasteiger partial charge in [0.1, 0.15) is 5.82 Å². The molecule has 2 rings (SSSR count). The van der Waals surface area contributed by atoms with E-state index in [-0.39, 0.29) is 36.0 Å². The smallest absolute Gasteiger partial charge is 0.257 e. The van der Waals surface area contributed by atoms with Gasteiger partial charge in [-0.15, -0.1) is 12.4 Å². The summed E-state index contributed by atoms with van der Waals surface area (Å²) in [4.78, 5) is 14.1. The van der Waals surface area contributed by atoms with Gasteiger partial charge in [-0.1, -0.05) is 11.6 Å². The van der Waals surface area contributed by atoms with Crippen molar-refractivity contribution in [2.45, 2.75) is 25.0 Å². The van der Waals surface area contributed by atoms with Crippen molar-refractivity contribution in [2.75, 3.05) is 20.2 Å². The van der Waals surface area contributed by atoms with Gasteiger partial charge in [0.2, 0.25) is 0 Å². The van der Waals surface area contributed by atoms with E-state index in [2.05, 4.69) is 0 Å². The lowest BCUT2D eigenvalue weighted by Crippen LogP contribution is -2.51. The van der Waals surface area contributed by atoms with Crippen LogP contribution < -0.4 is 5.73 Å². The maximum atomic E-state index is 13.8. The molecule has 1 aliphatic heterocycles. The van der Waals surface area contributed by atoms with E-state index in [1.54, 1.807) is 12.0 Å². The molecule has 7 heteroatoms. The first-order valence-corrected chi connectivity index (χ1v) is 6.93. The summed E-state index contributed by atoms with van der Waals surface area (Å²) in [6.07, 6.45) is 1.48. The number of nitrogens with two attached hydrogens (primary N) is 1. The number of amides is 1. The minimum atomic E-state index is -0.566. The van der Waals surface area contributed by atoms with Gasteiger partial charge in [0.25, 0.3) is 5.91 Å². The van der Waals surface area contributed by atoms with Gasteiger partial charge in [0, 0.05) is 31.3 Å². The number of methoxy groups -OCH3 is 1. The molecule has 1 aliphatic rings. The zero-order valence-corrected chi connectivity index (χ0v) is 13.3. The SMILES string of the molecule is COC1CCN(C(=O)c2cc(Cl)ccc2F)C(CN)C1.Cl. The van der Waals surface area contributed by atoms with Crippen LogP contribution in [0.4, 0.5) is 4.39 Å². The second kappa shape index (κ2) is 7.94. The van der Waals surface area contributed by atoms with Crippen molar-refractivity contribution in [3.63, 3.8) is 0 Å². The van der Waals surface area contributed by atoms with E-state index in [1.807, 2.05) is 0 Å². The van der Waals surface area contributed by atoms with Crippen molar-refractivity contribution in [1.29, 1.82) is 0 Å². The topological polar surface area (TPSA) is 55.6 Å². The maximum absolute atomic E-state index is 13.8. The highest BCUT2D eigenvalue weighted by atomic mass is 35.5. The molecule has 2 unspecified atom stereocenters. The van der Waals surface area contributed by atoms with E-state index < -0.39 is 5.82 Å². The van der Waals surface area contributed by atoms with Crippen LogP contribution in [0, 0.1) is 5.82 Å². The van der Waals surface area contributed by atoms with Crippen LogP contribution in [-0.4, -0.2) is 43.2 Å². The lowest BCUT2D eigenvalue weighted by atomic mass is 9.98. The standard InChI is InChI=1S/C14H18ClFN2O2.ClH/c1-20-11-4-5-18(10(7-11)8-17)14(19)12-6-9(15)2-3-13(12)16;/h2-3,6,10-11H,4-5,7-8,17H2,1H3;1H. The molecule has 1 aromatic carbocycles. The Kier molecular flexibility index (Phi) is 6.87. The molecule has 0 aromatic heterocycles. The first kappa shape index (κ1) is 18.2. The number of likely N-dealkylation sites (tertiary alicyclic amines) is 1. The molecule has 21 heavy (non-hydrogen) atoms. The van der Waals surface area contributed by atoms with Crippen LogP contribution in [0.1, 0.15) is 23.2 Å². The molecule has 1 aromatic rings. The van der Waals surface area contributed by atoms with Crippen LogP contribution in [-0.2, 0) is 4.74 Å². The summed E-state index contributed by atoms with van der Waals surface area (Å²) in [5, 5.41) is 0.339. The fourth-order valence-corrected chi connectivity index (χ4v) is 2.71. The van der Waals surface area contributed by atoms with Crippen molar-refractivity contribution >= 4 is 29.9 Å². The van der Waals surface area contributed by atoms with E-state index in [0.29, 0.717) is 24.5 Å². The number of carbonyl (C=O) groups is 1. The summed E-state index contributed by atoms with van der Waals surface area (Å²) >= 11 is 5.83. The molecule has 1 saturated heterocycles. The van der Waals surface area contributed by atoms with Crippen LogP contribution in [0.15, 0.2) is 18.2 Å². The minimum Gasteiger partial charge on any atom is -0.381 e. The number of carbonyl (C=O) groups excluding carboxylic acids is 1. The molecular formula is C14H19Cl2FN2O2. The molecule has 2 N–H and O–H groups in total. The predicted molar refractivity (Wildman–Crippen MR) is 82.6 cm³/mol. The lowest BCUT2D eigenvalue weighted by molar-refractivity contribution is 0.0137. The Morgan fingerprint density at radius 2 is 2.29 bits per heavy atom. The first-order valence-electron chi connectivity index (χ1n) is 6.55. The average molecular weight is 337 g/mol. The highest BCUT2D eigenvalue weighted by Crippen LogP contribution is 2.23. The van der Waals surface area contributed by atoms with Gasteiger partial charge in [-0.3, -0.25) is 4.79 Å². The minimum absolute atomic E-state index is 0. The molecule has 0 aliphatic carbocycles. The maximum Gasteiger partial charge on any atom is 0.257 e. The number of ether oxygens (including phenoxy) is 1. The number of halogens is 3. The Morgan fingerprint density at radius 3 is 2.90 bits per heavy atom. The molecule has 1 fully saturated rings. The van der Waals surface area contributed by atoms with Gasteiger partial charge >= 0.3 is 0 Å². The molecule has 1 amide bonds. The summed E-state index contributed by atoms with van der Waals surface area (Å²) in [6, 6.07) is 3.84. The van der Waals surface area contributed by atoms with Crippen LogP contribution >= 0.6 is 24.0 Å². The normalized spacial score (nSPS) is 21.8. The summed E-state index contributed by atoms with van der Waals surface area (Å²) in [7, 11) is 1.65. The van der Waals surface area contributed by atoms with Crippen molar-refractivity contribution < 1.29 is 13.9 Å². The van der Waals surface area contributed by atoms with Gasteiger partial charge in [-0.2, -0.15) is 0 Å². The Morgan fingerprint density at radius 1 is 1.57 bits per heavy atom. The zero-order chi connectivity index (χ0) is 14.7. The number of rotatable bonds is 3. The van der Waals surface area contributed by atoms with E-state index in [0.717, 1.165) is 6.42 Å². The monoisotopic (exact) mass is 336 g/mol. The molecular weight excluding hydrogens is 318 g/mol. The summed E-state index contributed by atoms with van der Waals surface area (Å²) in [6.45, 7) is 0.832. The summed E-state index contributed by atoms with van der Waals surface area (Å²) in [5.74, 6) is -0.931. The molecule has 0 spiro atoms. The quantitative estimate of drug-likeness (QED) is 0.922. The number of nitrogens with zero attached hydrogens (tertiary/aromatic N) is 1.